The SMILES string of the molecule is CN(CC1CCCO1)S(=O)(=O)Cc1cccc(CO)c1. The Bertz CT molecular complexity index is 538. The van der Waals surface area contributed by atoms with Gasteiger partial charge in [-0.05, 0) is 24.0 Å². The van der Waals surface area contributed by atoms with Crippen molar-refractivity contribution in [3.8, 4) is 0 Å². The lowest BCUT2D eigenvalue weighted by atomic mass is 10.1. The van der Waals surface area contributed by atoms with Gasteiger partial charge in [-0.2, -0.15) is 0 Å². The fourth-order valence-corrected chi connectivity index (χ4v) is 3.54. The van der Waals surface area contributed by atoms with Gasteiger partial charge in [0.1, 0.15) is 0 Å². The van der Waals surface area contributed by atoms with Gasteiger partial charge in [0.25, 0.3) is 0 Å². The van der Waals surface area contributed by atoms with E-state index < -0.39 is 10.0 Å². The molecule has 0 bridgehead atoms. The topological polar surface area (TPSA) is 66.8 Å². The predicted octanol–water partition coefficient (Wildman–Crippen LogP) is 1.12. The lowest BCUT2D eigenvalue weighted by Crippen LogP contribution is -2.34. The molecule has 1 atom stereocenters. The number of rotatable bonds is 6. The second kappa shape index (κ2) is 6.67. The second-order valence-electron chi connectivity index (χ2n) is 5.15. The summed E-state index contributed by atoms with van der Waals surface area (Å²) in [5, 5.41) is 9.08. The number of benzene rings is 1. The maximum atomic E-state index is 12.3. The highest BCUT2D eigenvalue weighted by molar-refractivity contribution is 7.88. The average molecular weight is 299 g/mol. The molecule has 0 amide bonds. The minimum atomic E-state index is -3.35. The largest absolute Gasteiger partial charge is 0.392 e. The van der Waals surface area contributed by atoms with E-state index in [2.05, 4.69) is 0 Å². The Hall–Kier alpha value is -0.950. The van der Waals surface area contributed by atoms with Crippen LogP contribution in [-0.4, -0.2) is 44.1 Å². The minimum Gasteiger partial charge on any atom is -0.392 e. The smallest absolute Gasteiger partial charge is 0.218 e. The average Bonchev–Trinajstić information content (AvgIpc) is 2.91. The van der Waals surface area contributed by atoms with Crippen molar-refractivity contribution in [2.45, 2.75) is 31.3 Å². The van der Waals surface area contributed by atoms with Crippen LogP contribution in [0.25, 0.3) is 0 Å². The van der Waals surface area contributed by atoms with Crippen molar-refractivity contribution in [3.05, 3.63) is 35.4 Å². The molecule has 0 saturated carbocycles. The fraction of sp³-hybridized carbons (Fsp3) is 0.571. The standard InChI is InChI=1S/C14H21NO4S/c1-15(9-14-6-3-7-19-14)20(17,18)11-13-5-2-4-12(8-13)10-16/h2,4-5,8,14,16H,3,6-7,9-11H2,1H3. The van der Waals surface area contributed by atoms with Crippen LogP contribution in [-0.2, 0) is 27.1 Å². The zero-order chi connectivity index (χ0) is 14.6. The summed E-state index contributed by atoms with van der Waals surface area (Å²) in [5.41, 5.74) is 1.41. The maximum Gasteiger partial charge on any atom is 0.218 e. The van der Waals surface area contributed by atoms with Gasteiger partial charge < -0.3 is 9.84 Å². The Labute approximate surface area is 120 Å². The first kappa shape index (κ1) is 15.4. The number of aliphatic hydroxyl groups excluding tert-OH is 1. The molecular weight excluding hydrogens is 278 g/mol. The van der Waals surface area contributed by atoms with Crippen molar-refractivity contribution in [2.24, 2.45) is 0 Å². The van der Waals surface area contributed by atoms with Gasteiger partial charge in [0.05, 0.1) is 18.5 Å². The molecule has 1 aromatic carbocycles. The summed E-state index contributed by atoms with van der Waals surface area (Å²) in [6, 6.07) is 7.01. The summed E-state index contributed by atoms with van der Waals surface area (Å²) < 4.78 is 31.4. The molecule has 2 rings (SSSR count). The third-order valence-electron chi connectivity index (χ3n) is 3.48. The van der Waals surface area contributed by atoms with E-state index in [-0.39, 0.29) is 18.5 Å². The van der Waals surface area contributed by atoms with Crippen molar-refractivity contribution >= 4 is 10.0 Å². The highest BCUT2D eigenvalue weighted by Gasteiger charge is 2.24. The molecule has 1 saturated heterocycles. The third-order valence-corrected chi connectivity index (χ3v) is 5.28. The molecule has 1 N–H and O–H groups in total. The van der Waals surface area contributed by atoms with Gasteiger partial charge in [0, 0.05) is 20.2 Å². The summed E-state index contributed by atoms with van der Waals surface area (Å²) in [5.74, 6) is -0.0515. The van der Waals surface area contributed by atoms with Gasteiger partial charge in [-0.15, -0.1) is 0 Å². The molecular formula is C14H21NO4S. The molecule has 1 fully saturated rings. The Morgan fingerprint density at radius 2 is 2.15 bits per heavy atom. The molecule has 1 unspecified atom stereocenters. The van der Waals surface area contributed by atoms with E-state index in [4.69, 9.17) is 9.84 Å². The number of aliphatic hydroxyl groups is 1. The zero-order valence-electron chi connectivity index (χ0n) is 11.7. The van der Waals surface area contributed by atoms with E-state index >= 15 is 0 Å². The first-order chi connectivity index (χ1) is 9.51. The van der Waals surface area contributed by atoms with E-state index in [1.807, 2.05) is 0 Å². The first-order valence-corrected chi connectivity index (χ1v) is 8.36. The molecule has 1 aromatic rings. The molecule has 5 nitrogen and oxygen atoms in total. The summed E-state index contributed by atoms with van der Waals surface area (Å²) in [4.78, 5) is 0. The molecule has 1 aliphatic rings. The van der Waals surface area contributed by atoms with Gasteiger partial charge in [0.2, 0.25) is 10.0 Å². The van der Waals surface area contributed by atoms with Gasteiger partial charge in [-0.25, -0.2) is 12.7 Å². The molecule has 0 spiro atoms. The number of hydrogen-bond acceptors (Lipinski definition) is 4. The molecule has 1 aliphatic heterocycles. The van der Waals surface area contributed by atoms with E-state index in [1.165, 1.54) is 4.31 Å². The third kappa shape index (κ3) is 4.02. The highest BCUT2D eigenvalue weighted by atomic mass is 32.2. The van der Waals surface area contributed by atoms with Crippen LogP contribution in [0.3, 0.4) is 0 Å². The van der Waals surface area contributed by atoms with Crippen molar-refractivity contribution in [1.82, 2.24) is 4.31 Å². The molecule has 1 heterocycles. The van der Waals surface area contributed by atoms with Crippen molar-refractivity contribution < 1.29 is 18.3 Å². The molecule has 20 heavy (non-hydrogen) atoms. The van der Waals surface area contributed by atoms with Crippen LogP contribution in [0.2, 0.25) is 0 Å². The fourth-order valence-electron chi connectivity index (χ4n) is 2.33. The van der Waals surface area contributed by atoms with Crippen LogP contribution in [0.15, 0.2) is 24.3 Å². The van der Waals surface area contributed by atoms with Gasteiger partial charge in [-0.3, -0.25) is 0 Å². The number of ether oxygens (including phenoxy) is 1. The second-order valence-corrected chi connectivity index (χ2v) is 7.23. The van der Waals surface area contributed by atoms with Gasteiger partial charge >= 0.3 is 0 Å². The normalized spacial score (nSPS) is 19.6. The van der Waals surface area contributed by atoms with Crippen LogP contribution in [0.1, 0.15) is 24.0 Å². The maximum absolute atomic E-state index is 12.3. The van der Waals surface area contributed by atoms with E-state index in [9.17, 15) is 8.42 Å². The van der Waals surface area contributed by atoms with Crippen LogP contribution < -0.4 is 0 Å². The lowest BCUT2D eigenvalue weighted by Gasteiger charge is -2.20. The Morgan fingerprint density at radius 3 is 2.80 bits per heavy atom. The summed E-state index contributed by atoms with van der Waals surface area (Å²) in [6.45, 7) is 1.04. The molecule has 0 aliphatic carbocycles. The number of likely N-dealkylation sites (N-methyl/N-ethyl adjacent to an activating group) is 1. The molecule has 112 valence electrons. The molecule has 0 radical (unpaired) electrons. The molecule has 0 aromatic heterocycles. The van der Waals surface area contributed by atoms with E-state index in [0.29, 0.717) is 12.1 Å². The minimum absolute atomic E-state index is 0.0125. The molecule has 6 heteroatoms. The van der Waals surface area contributed by atoms with Crippen LogP contribution in [0.5, 0.6) is 0 Å². The zero-order valence-corrected chi connectivity index (χ0v) is 12.5. The van der Waals surface area contributed by atoms with Crippen LogP contribution in [0, 0.1) is 0 Å². The lowest BCUT2D eigenvalue weighted by molar-refractivity contribution is 0.0978. The highest BCUT2D eigenvalue weighted by Crippen LogP contribution is 2.16. The number of sulfonamides is 1. The van der Waals surface area contributed by atoms with Crippen LogP contribution in [0.4, 0.5) is 0 Å². The van der Waals surface area contributed by atoms with Crippen molar-refractivity contribution in [2.75, 3.05) is 20.2 Å². The monoisotopic (exact) mass is 299 g/mol. The number of hydrogen-bond donors (Lipinski definition) is 1. The first-order valence-electron chi connectivity index (χ1n) is 6.75. The number of nitrogens with zero attached hydrogens (tertiary/aromatic N) is 1. The summed E-state index contributed by atoms with van der Waals surface area (Å²) in [6.07, 6.45) is 1.93. The Kier molecular flexibility index (Phi) is 5.15. The van der Waals surface area contributed by atoms with Gasteiger partial charge in [-0.1, -0.05) is 24.3 Å². The van der Waals surface area contributed by atoms with Crippen molar-refractivity contribution in [1.29, 1.82) is 0 Å². The van der Waals surface area contributed by atoms with Crippen LogP contribution >= 0.6 is 0 Å². The predicted molar refractivity (Wildman–Crippen MR) is 76.6 cm³/mol. The van der Waals surface area contributed by atoms with E-state index in [1.54, 1.807) is 31.3 Å². The summed E-state index contributed by atoms with van der Waals surface area (Å²) >= 11 is 0. The Morgan fingerprint density at radius 1 is 1.40 bits per heavy atom. The van der Waals surface area contributed by atoms with Gasteiger partial charge in [0.15, 0.2) is 0 Å². The quantitative estimate of drug-likeness (QED) is 0.855. The summed E-state index contributed by atoms with van der Waals surface area (Å²) in [7, 11) is -1.76. The van der Waals surface area contributed by atoms with Crippen molar-refractivity contribution in [3.63, 3.8) is 0 Å². The Balaban J connectivity index is 2.01. The van der Waals surface area contributed by atoms with E-state index in [0.717, 1.165) is 25.0 Å².